The lowest BCUT2D eigenvalue weighted by molar-refractivity contribution is -0.191. The number of aryl methyl sites for hydroxylation is 2. The normalized spacial score (nSPS) is 10.4. The Morgan fingerprint density at radius 1 is 0.914 bits per heavy atom. The number of hydrogen-bond donors (Lipinski definition) is 0. The topological polar surface area (TPSA) is 93.4 Å². The smallest absolute Gasteiger partial charge is 0.373 e. The average molecular weight is 470 g/mol. The summed E-state index contributed by atoms with van der Waals surface area (Å²) in [5.41, 5.74) is 6.33. The van der Waals surface area contributed by atoms with E-state index in [0.717, 1.165) is 17.8 Å². The molecular formula is C28H27N3O4. The van der Waals surface area contributed by atoms with Gasteiger partial charge in [-0.1, -0.05) is 54.6 Å². The summed E-state index contributed by atoms with van der Waals surface area (Å²) in [7, 11) is 4.14. The molecule has 0 atom stereocenters. The second-order valence-corrected chi connectivity index (χ2v) is 8.33. The highest BCUT2D eigenvalue weighted by molar-refractivity contribution is 5.92. The van der Waals surface area contributed by atoms with Gasteiger partial charge in [0.15, 0.2) is 5.76 Å². The summed E-state index contributed by atoms with van der Waals surface area (Å²) in [6.45, 7) is 2.85. The second kappa shape index (κ2) is 12.3. The molecule has 0 amide bonds. The van der Waals surface area contributed by atoms with E-state index in [9.17, 15) is 4.79 Å². The zero-order chi connectivity index (χ0) is 25.2. The van der Waals surface area contributed by atoms with E-state index in [-0.39, 0.29) is 17.8 Å². The van der Waals surface area contributed by atoms with Gasteiger partial charge in [-0.25, -0.2) is 9.97 Å². The number of carbonyl (C=O) groups is 1. The average Bonchev–Trinajstić information content (AvgIpc) is 3.34. The number of ketones is 1. The van der Waals surface area contributed by atoms with E-state index < -0.39 is 0 Å². The molecule has 0 unspecified atom stereocenters. The number of oxazole rings is 1. The maximum absolute atomic E-state index is 12.5. The first-order chi connectivity index (χ1) is 16.9. The molecule has 0 aliphatic carbocycles. The number of hydrogen-bond acceptors (Lipinski definition) is 7. The molecule has 7 nitrogen and oxygen atoms in total. The SMILES string of the molecule is Cc1cccc(-c2cnc(C(=O)CCc3ccc(-c4ccc(CN(C)C)cc4)cc3)o2)n1.O=C=O. The maximum atomic E-state index is 12.5. The van der Waals surface area contributed by atoms with Gasteiger partial charge in [-0.2, -0.15) is 9.59 Å². The molecule has 2 aromatic heterocycles. The zero-order valence-electron chi connectivity index (χ0n) is 20.0. The zero-order valence-corrected chi connectivity index (χ0v) is 20.0. The summed E-state index contributed by atoms with van der Waals surface area (Å²) in [6.07, 6.45) is 2.80. The van der Waals surface area contributed by atoms with E-state index in [1.807, 2.05) is 25.1 Å². The molecule has 0 saturated carbocycles. The number of Topliss-reactive ketones (excluding diaryl/α,β-unsaturated/α-hetero) is 1. The van der Waals surface area contributed by atoms with Gasteiger partial charge in [0.1, 0.15) is 5.69 Å². The highest BCUT2D eigenvalue weighted by Gasteiger charge is 2.15. The first kappa shape index (κ1) is 25.4. The summed E-state index contributed by atoms with van der Waals surface area (Å²) in [4.78, 5) is 39.5. The van der Waals surface area contributed by atoms with Gasteiger partial charge in [-0.3, -0.25) is 4.79 Å². The van der Waals surface area contributed by atoms with Crippen molar-refractivity contribution >= 4 is 11.9 Å². The van der Waals surface area contributed by atoms with E-state index in [1.165, 1.54) is 16.7 Å². The van der Waals surface area contributed by atoms with Crippen molar-refractivity contribution in [2.45, 2.75) is 26.3 Å². The van der Waals surface area contributed by atoms with Crippen LogP contribution in [0.5, 0.6) is 0 Å². The predicted octanol–water partition coefficient (Wildman–Crippen LogP) is 5.01. The monoisotopic (exact) mass is 469 g/mol. The summed E-state index contributed by atoms with van der Waals surface area (Å²) < 4.78 is 5.66. The lowest BCUT2D eigenvalue weighted by atomic mass is 10.0. The quantitative estimate of drug-likeness (QED) is 0.335. The number of nitrogens with zero attached hydrogens (tertiary/aromatic N) is 3. The number of rotatable bonds is 8. The lowest BCUT2D eigenvalue weighted by Gasteiger charge is -2.10. The Morgan fingerprint density at radius 3 is 2.09 bits per heavy atom. The Hall–Kier alpha value is -4.19. The third kappa shape index (κ3) is 7.40. The van der Waals surface area contributed by atoms with Crippen LogP contribution in [0.25, 0.3) is 22.6 Å². The number of aromatic nitrogens is 2. The second-order valence-electron chi connectivity index (χ2n) is 8.33. The van der Waals surface area contributed by atoms with E-state index in [0.29, 0.717) is 24.3 Å². The third-order valence-corrected chi connectivity index (χ3v) is 5.27. The van der Waals surface area contributed by atoms with E-state index in [4.69, 9.17) is 14.0 Å². The Kier molecular flexibility index (Phi) is 8.95. The number of benzene rings is 2. The van der Waals surface area contributed by atoms with E-state index in [2.05, 4.69) is 77.5 Å². The van der Waals surface area contributed by atoms with Crippen molar-refractivity contribution in [3.8, 4) is 22.6 Å². The van der Waals surface area contributed by atoms with Crippen molar-refractivity contribution in [3.63, 3.8) is 0 Å². The van der Waals surface area contributed by atoms with Gasteiger partial charge >= 0.3 is 6.15 Å². The van der Waals surface area contributed by atoms with Crippen molar-refractivity contribution in [2.75, 3.05) is 14.1 Å². The molecule has 4 aromatic rings. The molecule has 0 spiro atoms. The molecule has 0 aliphatic rings. The lowest BCUT2D eigenvalue weighted by Crippen LogP contribution is -2.10. The molecule has 4 rings (SSSR count). The minimum Gasteiger partial charge on any atom is -0.432 e. The van der Waals surface area contributed by atoms with Crippen LogP contribution in [-0.4, -0.2) is 40.9 Å². The largest absolute Gasteiger partial charge is 0.432 e. The molecule has 35 heavy (non-hydrogen) atoms. The summed E-state index contributed by atoms with van der Waals surface area (Å²) in [5, 5.41) is 0. The van der Waals surface area contributed by atoms with Gasteiger partial charge in [0, 0.05) is 18.7 Å². The highest BCUT2D eigenvalue weighted by Crippen LogP contribution is 2.22. The molecule has 0 bridgehead atoms. The van der Waals surface area contributed by atoms with Crippen molar-refractivity contribution in [1.82, 2.24) is 14.9 Å². The van der Waals surface area contributed by atoms with Gasteiger partial charge in [0.25, 0.3) is 5.89 Å². The third-order valence-electron chi connectivity index (χ3n) is 5.27. The number of pyridine rings is 1. The van der Waals surface area contributed by atoms with Gasteiger partial charge in [-0.05, 0) is 61.8 Å². The van der Waals surface area contributed by atoms with Crippen LogP contribution in [0.2, 0.25) is 0 Å². The molecule has 178 valence electrons. The molecular weight excluding hydrogens is 442 g/mol. The van der Waals surface area contributed by atoms with Crippen LogP contribution in [0.1, 0.15) is 33.9 Å². The summed E-state index contributed by atoms with van der Waals surface area (Å²) >= 11 is 0. The van der Waals surface area contributed by atoms with E-state index >= 15 is 0 Å². The standard InChI is InChI=1S/C27H27N3O2.CO2/c1-19-5-4-6-24(29-19)26-17-28-27(32-26)25(31)16-11-20-7-12-22(13-8-20)23-14-9-21(10-15-23)18-30(2)3;2-1-3/h4-10,12-15,17H,11,16,18H2,1-3H3;. The van der Waals surface area contributed by atoms with Gasteiger partial charge in [0.05, 0.1) is 6.20 Å². The van der Waals surface area contributed by atoms with Crippen LogP contribution < -0.4 is 0 Å². The fraction of sp³-hybridized carbons (Fsp3) is 0.214. The van der Waals surface area contributed by atoms with Crippen molar-refractivity contribution < 1.29 is 18.8 Å². The highest BCUT2D eigenvalue weighted by atomic mass is 16.4. The predicted molar refractivity (Wildman–Crippen MR) is 131 cm³/mol. The first-order valence-electron chi connectivity index (χ1n) is 11.1. The molecule has 0 N–H and O–H groups in total. The van der Waals surface area contributed by atoms with Crippen LogP contribution in [-0.2, 0) is 22.6 Å². The Balaban J connectivity index is 0.00000108. The van der Waals surface area contributed by atoms with Gasteiger partial charge in [-0.15, -0.1) is 0 Å². The Labute approximate surface area is 204 Å². The number of carbonyl (C=O) groups excluding carboxylic acids is 3. The summed E-state index contributed by atoms with van der Waals surface area (Å²) in [5.74, 6) is 0.542. The minimum atomic E-state index is -0.107. The van der Waals surface area contributed by atoms with Crippen LogP contribution in [0.3, 0.4) is 0 Å². The van der Waals surface area contributed by atoms with Crippen LogP contribution in [0, 0.1) is 6.92 Å². The fourth-order valence-electron chi connectivity index (χ4n) is 3.60. The molecule has 0 saturated heterocycles. The van der Waals surface area contributed by atoms with Crippen LogP contribution >= 0.6 is 0 Å². The van der Waals surface area contributed by atoms with Crippen LogP contribution in [0.4, 0.5) is 0 Å². The van der Waals surface area contributed by atoms with E-state index in [1.54, 1.807) is 6.20 Å². The molecule has 0 fully saturated rings. The van der Waals surface area contributed by atoms with Crippen molar-refractivity contribution in [3.05, 3.63) is 95.6 Å². The molecule has 2 heterocycles. The van der Waals surface area contributed by atoms with Crippen LogP contribution in [0.15, 0.2) is 77.3 Å². The maximum Gasteiger partial charge on any atom is 0.373 e. The minimum absolute atomic E-state index is 0.107. The molecule has 0 aliphatic heterocycles. The van der Waals surface area contributed by atoms with Gasteiger partial charge in [0.2, 0.25) is 5.78 Å². The van der Waals surface area contributed by atoms with Gasteiger partial charge < -0.3 is 9.32 Å². The Morgan fingerprint density at radius 2 is 1.51 bits per heavy atom. The molecule has 7 heteroatoms. The van der Waals surface area contributed by atoms with Crippen molar-refractivity contribution in [1.29, 1.82) is 0 Å². The molecule has 0 radical (unpaired) electrons. The summed E-state index contributed by atoms with van der Waals surface area (Å²) in [6, 6.07) is 22.7. The van der Waals surface area contributed by atoms with Crippen molar-refractivity contribution in [2.24, 2.45) is 0 Å². The first-order valence-corrected chi connectivity index (χ1v) is 11.1. The fourth-order valence-corrected chi connectivity index (χ4v) is 3.60. The Bertz CT molecular complexity index is 1290. The molecule has 2 aromatic carbocycles.